The largest absolute Gasteiger partial charge is 0.162 e. The molecule has 18 heavy (non-hydrogen) atoms. The molecule has 0 aromatic carbocycles. The Balaban J connectivity index is 2.09. The first-order valence-electron chi connectivity index (χ1n) is 7.29. The average molecular weight is 380 g/mol. The fourth-order valence-electron chi connectivity index (χ4n) is 2.43. The molecule has 0 amide bonds. The molecule has 1 aliphatic heterocycles. The summed E-state index contributed by atoms with van der Waals surface area (Å²) in [5.41, 5.74) is 0. The Labute approximate surface area is 128 Å². The average Bonchev–Trinajstić information content (AvgIpc) is 2.33. The molecule has 0 aromatic rings. The molecular formula is C16H29IS. The summed E-state index contributed by atoms with van der Waals surface area (Å²) in [6.07, 6.45) is 8.70. The number of hydrogen-bond donors (Lipinski definition) is 0. The molecule has 0 radical (unpaired) electrons. The predicted molar refractivity (Wildman–Crippen MR) is 97.4 cm³/mol. The summed E-state index contributed by atoms with van der Waals surface area (Å²) in [6.45, 7) is 9.34. The van der Waals surface area contributed by atoms with E-state index in [1.54, 1.807) is 0 Å². The standard InChI is InChI=1S/C16H29IS/c1-5-7-13(2)8-6-9-18-12-16-10-14(3)11-17-15(16)4/h5,7,11,13-16H,6,8-10,12H2,1-4H3/b7-5-/t13-,14+,15-,16-/m0/s1. The maximum absolute atomic E-state index is 2.63. The molecule has 4 atom stereocenters. The van der Waals surface area contributed by atoms with Crippen LogP contribution in [0.3, 0.4) is 0 Å². The maximum Gasteiger partial charge on any atom is 0.00673 e. The SMILES string of the molecule is C/C=C\[C@H](C)CCCSC[C@@H]1C[C@@H](C)C=I[C@H]1C. The molecule has 0 saturated carbocycles. The molecule has 0 aliphatic carbocycles. The number of allylic oxidation sites excluding steroid dienone is 2. The summed E-state index contributed by atoms with van der Waals surface area (Å²) in [5, 5.41) is 0. The van der Waals surface area contributed by atoms with Crippen molar-refractivity contribution in [2.45, 2.75) is 50.9 Å². The van der Waals surface area contributed by atoms with E-state index in [-0.39, 0.29) is 0 Å². The first-order valence-corrected chi connectivity index (χ1v) is 10.9. The van der Waals surface area contributed by atoms with Crippen LogP contribution in [-0.2, 0) is 0 Å². The summed E-state index contributed by atoms with van der Waals surface area (Å²) in [5.74, 6) is 5.45. The van der Waals surface area contributed by atoms with E-state index in [0.717, 1.165) is 21.7 Å². The molecule has 106 valence electrons. The van der Waals surface area contributed by atoms with Gasteiger partial charge in [0, 0.05) is 3.92 Å². The maximum atomic E-state index is 2.63. The number of alkyl halides is 1. The van der Waals surface area contributed by atoms with Crippen LogP contribution in [-0.4, -0.2) is 19.4 Å². The molecule has 0 fully saturated rings. The first-order chi connectivity index (χ1) is 8.63. The van der Waals surface area contributed by atoms with Crippen molar-refractivity contribution >= 4 is 36.5 Å². The fraction of sp³-hybridized carbons (Fsp3) is 0.812. The van der Waals surface area contributed by atoms with Gasteiger partial charge in [0.05, 0.1) is 0 Å². The van der Waals surface area contributed by atoms with Crippen molar-refractivity contribution in [3.8, 4) is 0 Å². The molecule has 0 nitrogen and oxygen atoms in total. The molecule has 1 heterocycles. The molecule has 0 spiro atoms. The van der Waals surface area contributed by atoms with Crippen LogP contribution in [0.4, 0.5) is 0 Å². The number of rotatable bonds is 7. The Morgan fingerprint density at radius 3 is 2.94 bits per heavy atom. The molecule has 1 aliphatic rings. The second-order valence-electron chi connectivity index (χ2n) is 5.62. The van der Waals surface area contributed by atoms with E-state index in [4.69, 9.17) is 0 Å². The third kappa shape index (κ3) is 6.74. The van der Waals surface area contributed by atoms with Crippen LogP contribution in [0.1, 0.15) is 47.0 Å². The van der Waals surface area contributed by atoms with Gasteiger partial charge in [0.1, 0.15) is 0 Å². The zero-order valence-electron chi connectivity index (χ0n) is 12.4. The van der Waals surface area contributed by atoms with Gasteiger partial charge < -0.3 is 0 Å². The Morgan fingerprint density at radius 2 is 2.22 bits per heavy atom. The van der Waals surface area contributed by atoms with E-state index in [9.17, 15) is 0 Å². The number of thioether (sulfide) groups is 1. The summed E-state index contributed by atoms with van der Waals surface area (Å²) in [4.78, 5) is 0. The van der Waals surface area contributed by atoms with Crippen molar-refractivity contribution in [2.75, 3.05) is 11.5 Å². The van der Waals surface area contributed by atoms with Crippen LogP contribution < -0.4 is 0 Å². The quantitative estimate of drug-likeness (QED) is 0.242. The Bertz CT molecular complexity index is 272. The van der Waals surface area contributed by atoms with Crippen molar-refractivity contribution in [1.29, 1.82) is 0 Å². The minimum atomic E-state index is 0.382. The summed E-state index contributed by atoms with van der Waals surface area (Å²) < 4.78 is 3.65. The predicted octanol–water partition coefficient (Wildman–Crippen LogP) is 5.53. The lowest BCUT2D eigenvalue weighted by Gasteiger charge is -2.27. The van der Waals surface area contributed by atoms with E-state index in [0.29, 0.717) is 20.7 Å². The minimum Gasteiger partial charge on any atom is -0.162 e. The monoisotopic (exact) mass is 380 g/mol. The molecule has 0 aromatic heterocycles. The molecule has 0 unspecified atom stereocenters. The van der Waals surface area contributed by atoms with Crippen LogP contribution in [0, 0.1) is 17.8 Å². The van der Waals surface area contributed by atoms with Gasteiger partial charge in [0.25, 0.3) is 0 Å². The highest BCUT2D eigenvalue weighted by atomic mass is 127. The molecule has 1 rings (SSSR count). The minimum absolute atomic E-state index is 0.382. The van der Waals surface area contributed by atoms with Crippen molar-refractivity contribution in [2.24, 2.45) is 17.8 Å². The third-order valence-corrected chi connectivity index (χ3v) is 8.65. The first kappa shape index (κ1) is 16.7. The van der Waals surface area contributed by atoms with Gasteiger partial charge in [-0.15, -0.1) is 20.7 Å². The number of hydrogen-bond acceptors (Lipinski definition) is 1. The second-order valence-corrected chi connectivity index (χ2v) is 10.2. The van der Waals surface area contributed by atoms with E-state index >= 15 is 0 Å². The molecule has 2 heteroatoms. The van der Waals surface area contributed by atoms with Crippen molar-refractivity contribution < 1.29 is 0 Å². The normalized spacial score (nSPS) is 30.3. The van der Waals surface area contributed by atoms with Gasteiger partial charge in [-0.1, -0.05) is 36.9 Å². The fourth-order valence-corrected chi connectivity index (χ4v) is 6.83. The smallest absolute Gasteiger partial charge is 0.00673 e. The Hall–Kier alpha value is 0.690. The van der Waals surface area contributed by atoms with Crippen LogP contribution in [0.25, 0.3) is 0 Å². The van der Waals surface area contributed by atoms with E-state index < -0.39 is 0 Å². The van der Waals surface area contributed by atoms with E-state index in [1.165, 1.54) is 30.8 Å². The molecule has 0 saturated heterocycles. The summed E-state index contributed by atoms with van der Waals surface area (Å²) >= 11 is 2.59. The van der Waals surface area contributed by atoms with Gasteiger partial charge in [0.15, 0.2) is 0 Å². The lowest BCUT2D eigenvalue weighted by atomic mass is 9.96. The van der Waals surface area contributed by atoms with Gasteiger partial charge >= 0.3 is 0 Å². The van der Waals surface area contributed by atoms with Crippen LogP contribution in [0.2, 0.25) is 0 Å². The molecule has 0 N–H and O–H groups in total. The van der Waals surface area contributed by atoms with Gasteiger partial charge in [-0.25, -0.2) is 0 Å². The Kier molecular flexibility index (Phi) is 8.90. The van der Waals surface area contributed by atoms with Gasteiger partial charge in [-0.05, 0) is 55.4 Å². The van der Waals surface area contributed by atoms with Crippen molar-refractivity contribution in [3.05, 3.63) is 12.2 Å². The van der Waals surface area contributed by atoms with Crippen LogP contribution >= 0.6 is 32.5 Å². The van der Waals surface area contributed by atoms with Gasteiger partial charge in [0.2, 0.25) is 0 Å². The van der Waals surface area contributed by atoms with Crippen LogP contribution in [0.5, 0.6) is 0 Å². The lowest BCUT2D eigenvalue weighted by molar-refractivity contribution is 0.499. The third-order valence-electron chi connectivity index (χ3n) is 3.61. The van der Waals surface area contributed by atoms with Crippen molar-refractivity contribution in [1.82, 2.24) is 0 Å². The molecule has 0 bridgehead atoms. The topological polar surface area (TPSA) is 0 Å². The highest BCUT2D eigenvalue weighted by molar-refractivity contribution is 14.2. The summed E-state index contributed by atoms with van der Waals surface area (Å²) in [7, 11) is 0. The zero-order valence-corrected chi connectivity index (χ0v) is 15.3. The van der Waals surface area contributed by atoms with Crippen LogP contribution in [0.15, 0.2) is 12.2 Å². The highest BCUT2D eigenvalue weighted by Crippen LogP contribution is 2.32. The van der Waals surface area contributed by atoms with Crippen molar-refractivity contribution in [3.63, 3.8) is 0 Å². The molecular weight excluding hydrogens is 351 g/mol. The number of halogens is 1. The lowest BCUT2D eigenvalue weighted by Crippen LogP contribution is -2.22. The Morgan fingerprint density at radius 1 is 1.44 bits per heavy atom. The second kappa shape index (κ2) is 9.57. The van der Waals surface area contributed by atoms with Gasteiger partial charge in [-0.3, -0.25) is 0 Å². The summed E-state index contributed by atoms with van der Waals surface area (Å²) in [6, 6.07) is 0. The van der Waals surface area contributed by atoms with E-state index in [2.05, 4.69) is 55.6 Å². The highest BCUT2D eigenvalue weighted by Gasteiger charge is 2.21. The zero-order chi connectivity index (χ0) is 13.4. The van der Waals surface area contributed by atoms with E-state index in [1.807, 2.05) is 0 Å². The van der Waals surface area contributed by atoms with Gasteiger partial charge in [-0.2, -0.15) is 11.8 Å².